The van der Waals surface area contributed by atoms with Crippen LogP contribution >= 0.6 is 0 Å². The van der Waals surface area contributed by atoms with Gasteiger partial charge in [0.2, 0.25) is 0 Å². The van der Waals surface area contributed by atoms with Crippen molar-refractivity contribution in [3.8, 4) is 0 Å². The third-order valence-corrected chi connectivity index (χ3v) is 1.55. The van der Waals surface area contributed by atoms with Crippen LogP contribution in [0.1, 0.15) is 25.7 Å². The van der Waals surface area contributed by atoms with Crippen molar-refractivity contribution < 1.29 is 4.74 Å². The highest BCUT2D eigenvalue weighted by Crippen LogP contribution is 2.02. The van der Waals surface area contributed by atoms with Crippen molar-refractivity contribution in [2.75, 3.05) is 6.61 Å². The first-order valence-corrected chi connectivity index (χ1v) is 3.93. The Balaban J connectivity index is 2.26. The lowest BCUT2D eigenvalue weighted by atomic mass is 10.2. The van der Waals surface area contributed by atoms with Crippen LogP contribution in [-0.4, -0.2) is 6.61 Å². The van der Waals surface area contributed by atoms with Crippen molar-refractivity contribution in [3.63, 3.8) is 0 Å². The first-order valence-electron chi connectivity index (χ1n) is 3.93. The summed E-state index contributed by atoms with van der Waals surface area (Å²) in [5.74, 6) is 0. The summed E-state index contributed by atoms with van der Waals surface area (Å²) in [7, 11) is 0. The molecule has 0 amide bonds. The predicted octanol–water partition coefficient (Wildman–Crippen LogP) is 2.65. The van der Waals surface area contributed by atoms with Gasteiger partial charge in [0.15, 0.2) is 0 Å². The third kappa shape index (κ3) is 3.33. The maximum Gasteiger partial charge on any atom is 0.0873 e. The fraction of sp³-hybridized carbons (Fsp3) is 0.556. The van der Waals surface area contributed by atoms with Crippen molar-refractivity contribution in [2.45, 2.75) is 25.7 Å². The molecule has 0 aromatic carbocycles. The molecule has 0 radical (unpaired) electrons. The lowest BCUT2D eigenvalue weighted by Crippen LogP contribution is -1.87. The molecular formula is C9H14O. The standard InChI is InChI=1S/C9H14O/c1-2-4-6-8-10-9-7-5-3-1/h2,4,6,8H,1,3,5,7,9H2/b4-2-,8-6-. The second kappa shape index (κ2) is 5.10. The summed E-state index contributed by atoms with van der Waals surface area (Å²) >= 11 is 0. The zero-order valence-corrected chi connectivity index (χ0v) is 6.25. The van der Waals surface area contributed by atoms with Gasteiger partial charge >= 0.3 is 0 Å². The van der Waals surface area contributed by atoms with E-state index in [-0.39, 0.29) is 0 Å². The van der Waals surface area contributed by atoms with E-state index in [4.69, 9.17) is 4.74 Å². The van der Waals surface area contributed by atoms with Crippen LogP contribution in [0.25, 0.3) is 0 Å². The SMILES string of the molecule is C1=C\CCCCCO\C=C/1. The molecule has 1 aliphatic rings. The number of rotatable bonds is 0. The third-order valence-electron chi connectivity index (χ3n) is 1.55. The summed E-state index contributed by atoms with van der Waals surface area (Å²) in [6.45, 7) is 0.879. The molecule has 0 saturated carbocycles. The van der Waals surface area contributed by atoms with Crippen molar-refractivity contribution in [2.24, 2.45) is 0 Å². The minimum absolute atomic E-state index is 0.879. The molecule has 0 aromatic heterocycles. The fourth-order valence-electron chi connectivity index (χ4n) is 0.968. The van der Waals surface area contributed by atoms with E-state index < -0.39 is 0 Å². The van der Waals surface area contributed by atoms with Crippen LogP contribution in [0.5, 0.6) is 0 Å². The minimum atomic E-state index is 0.879. The molecule has 1 heterocycles. The molecule has 1 heteroatoms. The Morgan fingerprint density at radius 2 is 2.00 bits per heavy atom. The largest absolute Gasteiger partial charge is 0.501 e. The Morgan fingerprint density at radius 1 is 1.00 bits per heavy atom. The number of allylic oxidation sites excluding steroid dienone is 3. The number of ether oxygens (including phenoxy) is 1. The Bertz CT molecular complexity index is 109. The molecule has 0 aromatic rings. The molecule has 10 heavy (non-hydrogen) atoms. The molecule has 0 N–H and O–H groups in total. The highest BCUT2D eigenvalue weighted by molar-refractivity contribution is 4.99. The van der Waals surface area contributed by atoms with Crippen LogP contribution in [0.15, 0.2) is 24.5 Å². The van der Waals surface area contributed by atoms with E-state index in [1.807, 2.05) is 12.2 Å². The summed E-state index contributed by atoms with van der Waals surface area (Å²) in [5.41, 5.74) is 0. The fourth-order valence-corrected chi connectivity index (χ4v) is 0.968. The van der Waals surface area contributed by atoms with Gasteiger partial charge in [0.05, 0.1) is 12.9 Å². The minimum Gasteiger partial charge on any atom is -0.501 e. The molecule has 1 rings (SSSR count). The highest BCUT2D eigenvalue weighted by Gasteiger charge is 1.87. The lowest BCUT2D eigenvalue weighted by molar-refractivity contribution is 0.241. The second-order valence-electron chi connectivity index (χ2n) is 2.48. The van der Waals surface area contributed by atoms with E-state index in [2.05, 4.69) is 6.08 Å². The summed E-state index contributed by atoms with van der Waals surface area (Å²) in [5, 5.41) is 0. The average Bonchev–Trinajstić information content (AvgIpc) is 2.01. The lowest BCUT2D eigenvalue weighted by Gasteiger charge is -2.00. The van der Waals surface area contributed by atoms with Crippen LogP contribution in [0, 0.1) is 0 Å². The first-order chi connectivity index (χ1) is 5.00. The van der Waals surface area contributed by atoms with Crippen molar-refractivity contribution in [3.05, 3.63) is 24.5 Å². The zero-order valence-electron chi connectivity index (χ0n) is 6.25. The van der Waals surface area contributed by atoms with E-state index in [0.29, 0.717) is 0 Å². The molecule has 0 aliphatic carbocycles. The molecule has 0 atom stereocenters. The van der Waals surface area contributed by atoms with Crippen LogP contribution in [0.2, 0.25) is 0 Å². The van der Waals surface area contributed by atoms with Gasteiger partial charge < -0.3 is 4.74 Å². The molecule has 0 bridgehead atoms. The molecule has 0 saturated heterocycles. The van der Waals surface area contributed by atoms with Crippen LogP contribution in [-0.2, 0) is 4.74 Å². The van der Waals surface area contributed by atoms with Gasteiger partial charge in [0.25, 0.3) is 0 Å². The van der Waals surface area contributed by atoms with Gasteiger partial charge in [0, 0.05) is 0 Å². The normalized spacial score (nSPS) is 26.4. The molecular weight excluding hydrogens is 124 g/mol. The summed E-state index contributed by atoms with van der Waals surface area (Å²) in [6, 6.07) is 0. The van der Waals surface area contributed by atoms with Crippen LogP contribution in [0.4, 0.5) is 0 Å². The Morgan fingerprint density at radius 3 is 3.00 bits per heavy atom. The van der Waals surface area contributed by atoms with E-state index in [9.17, 15) is 0 Å². The molecule has 0 fully saturated rings. The average molecular weight is 138 g/mol. The number of hydrogen-bond acceptors (Lipinski definition) is 1. The Kier molecular flexibility index (Phi) is 3.76. The Labute approximate surface area is 62.4 Å². The van der Waals surface area contributed by atoms with Gasteiger partial charge in [-0.2, -0.15) is 0 Å². The van der Waals surface area contributed by atoms with Gasteiger partial charge in [-0.15, -0.1) is 0 Å². The van der Waals surface area contributed by atoms with Crippen LogP contribution < -0.4 is 0 Å². The van der Waals surface area contributed by atoms with Gasteiger partial charge in [-0.1, -0.05) is 12.2 Å². The smallest absolute Gasteiger partial charge is 0.0873 e. The van der Waals surface area contributed by atoms with Gasteiger partial charge in [0.1, 0.15) is 0 Å². The van der Waals surface area contributed by atoms with E-state index in [1.54, 1.807) is 6.26 Å². The van der Waals surface area contributed by atoms with Crippen LogP contribution in [0.3, 0.4) is 0 Å². The maximum absolute atomic E-state index is 5.18. The quantitative estimate of drug-likeness (QED) is 0.500. The van der Waals surface area contributed by atoms with Crippen molar-refractivity contribution in [1.29, 1.82) is 0 Å². The zero-order chi connectivity index (χ0) is 7.07. The van der Waals surface area contributed by atoms with Crippen molar-refractivity contribution in [1.82, 2.24) is 0 Å². The molecule has 1 aliphatic heterocycles. The van der Waals surface area contributed by atoms with E-state index >= 15 is 0 Å². The summed E-state index contributed by atoms with van der Waals surface area (Å²) < 4.78 is 5.18. The number of hydrogen-bond donors (Lipinski definition) is 0. The molecule has 0 unspecified atom stereocenters. The maximum atomic E-state index is 5.18. The summed E-state index contributed by atoms with van der Waals surface area (Å²) in [4.78, 5) is 0. The summed E-state index contributed by atoms with van der Waals surface area (Å²) in [6.07, 6.45) is 12.9. The molecule has 0 spiro atoms. The van der Waals surface area contributed by atoms with Gasteiger partial charge in [-0.3, -0.25) is 0 Å². The van der Waals surface area contributed by atoms with E-state index in [0.717, 1.165) is 6.61 Å². The molecule has 56 valence electrons. The van der Waals surface area contributed by atoms with Gasteiger partial charge in [-0.25, -0.2) is 0 Å². The van der Waals surface area contributed by atoms with Crippen molar-refractivity contribution >= 4 is 0 Å². The Hall–Kier alpha value is -0.720. The first kappa shape index (κ1) is 7.39. The van der Waals surface area contributed by atoms with Gasteiger partial charge in [-0.05, 0) is 31.8 Å². The monoisotopic (exact) mass is 138 g/mol. The molecule has 1 nitrogen and oxygen atoms in total. The van der Waals surface area contributed by atoms with E-state index in [1.165, 1.54) is 25.7 Å². The topological polar surface area (TPSA) is 9.23 Å². The highest BCUT2D eigenvalue weighted by atomic mass is 16.5. The second-order valence-corrected chi connectivity index (χ2v) is 2.48. The predicted molar refractivity (Wildman–Crippen MR) is 42.7 cm³/mol.